The van der Waals surface area contributed by atoms with Gasteiger partial charge in [0, 0.05) is 25.9 Å². The predicted octanol–water partition coefficient (Wildman–Crippen LogP) is 2.28. The van der Waals surface area contributed by atoms with E-state index in [1.165, 1.54) is 30.6 Å². The first-order chi connectivity index (χ1) is 12.0. The van der Waals surface area contributed by atoms with Gasteiger partial charge in [0.05, 0.1) is 10.5 Å². The molecule has 10 nitrogen and oxygen atoms in total. The van der Waals surface area contributed by atoms with Gasteiger partial charge in [-0.25, -0.2) is 14.8 Å². The van der Waals surface area contributed by atoms with Crippen LogP contribution in [0.2, 0.25) is 0 Å². The van der Waals surface area contributed by atoms with Crippen molar-refractivity contribution in [3.63, 3.8) is 0 Å². The number of nitro groups is 1. The second-order valence-electron chi connectivity index (χ2n) is 4.96. The Bertz CT molecular complexity index is 750. The number of nitrogens with zero attached hydrogens (tertiary/aromatic N) is 3. The lowest BCUT2D eigenvalue weighted by atomic mass is 10.2. The lowest BCUT2D eigenvalue weighted by molar-refractivity contribution is -0.383. The van der Waals surface area contributed by atoms with Crippen molar-refractivity contribution in [1.29, 1.82) is 0 Å². The summed E-state index contributed by atoms with van der Waals surface area (Å²) < 4.78 is 4.93. The largest absolute Gasteiger partial charge is 0.478 e. The second-order valence-corrected chi connectivity index (χ2v) is 4.96. The van der Waals surface area contributed by atoms with Crippen molar-refractivity contribution in [3.8, 4) is 0 Å². The van der Waals surface area contributed by atoms with Crippen LogP contribution in [0.4, 0.5) is 23.0 Å². The third-order valence-corrected chi connectivity index (χ3v) is 3.22. The highest BCUT2D eigenvalue weighted by Crippen LogP contribution is 2.31. The van der Waals surface area contributed by atoms with Gasteiger partial charge in [-0.3, -0.25) is 10.1 Å². The smallest absolute Gasteiger partial charge is 0.353 e. The maximum absolute atomic E-state index is 11.4. The minimum absolute atomic E-state index is 0.0114. The maximum Gasteiger partial charge on any atom is 0.353 e. The topological polar surface area (TPSA) is 140 Å². The number of methoxy groups -OCH3 is 1. The van der Waals surface area contributed by atoms with Crippen LogP contribution in [0.15, 0.2) is 30.6 Å². The predicted molar refractivity (Wildman–Crippen MR) is 90.4 cm³/mol. The number of rotatable bonds is 9. The molecular formula is C15H17N5O5. The Balaban J connectivity index is 2.21. The summed E-state index contributed by atoms with van der Waals surface area (Å²) in [6, 6.07) is 5.78. The zero-order valence-electron chi connectivity index (χ0n) is 13.4. The number of aromatic nitrogens is 2. The second kappa shape index (κ2) is 8.55. The van der Waals surface area contributed by atoms with E-state index in [-0.39, 0.29) is 22.9 Å². The molecule has 2 rings (SSSR count). The molecule has 132 valence electrons. The molecule has 1 heterocycles. The average Bonchev–Trinajstić information content (AvgIpc) is 2.59. The molecule has 0 fully saturated rings. The van der Waals surface area contributed by atoms with E-state index in [9.17, 15) is 14.9 Å². The van der Waals surface area contributed by atoms with Crippen LogP contribution in [-0.2, 0) is 4.74 Å². The molecule has 0 aliphatic carbocycles. The molecule has 0 amide bonds. The Morgan fingerprint density at radius 1 is 1.28 bits per heavy atom. The molecule has 0 spiro atoms. The summed E-state index contributed by atoms with van der Waals surface area (Å²) in [5, 5.41) is 26.0. The first kappa shape index (κ1) is 18.1. The van der Waals surface area contributed by atoms with Crippen molar-refractivity contribution >= 4 is 29.0 Å². The van der Waals surface area contributed by atoms with Crippen LogP contribution in [-0.4, -0.2) is 46.2 Å². The fraction of sp³-hybridized carbons (Fsp3) is 0.267. The van der Waals surface area contributed by atoms with E-state index in [4.69, 9.17) is 9.84 Å². The summed E-state index contributed by atoms with van der Waals surface area (Å²) in [6.45, 7) is 0.978. The van der Waals surface area contributed by atoms with Gasteiger partial charge in [0.1, 0.15) is 6.33 Å². The van der Waals surface area contributed by atoms with E-state index in [0.29, 0.717) is 25.3 Å². The molecular weight excluding hydrogens is 330 g/mol. The Morgan fingerprint density at radius 3 is 2.56 bits per heavy atom. The number of carboxylic acid groups (broad SMARTS) is 1. The van der Waals surface area contributed by atoms with Gasteiger partial charge in [-0.1, -0.05) is 0 Å². The number of hydrogen-bond acceptors (Lipinski definition) is 8. The molecule has 0 saturated carbocycles. The van der Waals surface area contributed by atoms with Gasteiger partial charge in [0.25, 0.3) is 0 Å². The lowest BCUT2D eigenvalue weighted by Gasteiger charge is -2.10. The third-order valence-electron chi connectivity index (χ3n) is 3.22. The van der Waals surface area contributed by atoms with Crippen molar-refractivity contribution in [1.82, 2.24) is 9.97 Å². The molecule has 0 unspecified atom stereocenters. The number of ether oxygens (including phenoxy) is 1. The molecule has 2 aromatic rings. The average molecular weight is 347 g/mol. The van der Waals surface area contributed by atoms with Gasteiger partial charge in [-0.05, 0) is 30.7 Å². The van der Waals surface area contributed by atoms with Crippen LogP contribution in [0.1, 0.15) is 16.8 Å². The lowest BCUT2D eigenvalue weighted by Crippen LogP contribution is -2.10. The number of aromatic carboxylic acids is 1. The minimum atomic E-state index is -1.05. The van der Waals surface area contributed by atoms with Crippen LogP contribution in [0.5, 0.6) is 0 Å². The van der Waals surface area contributed by atoms with Crippen LogP contribution < -0.4 is 10.6 Å². The van der Waals surface area contributed by atoms with Crippen molar-refractivity contribution in [2.24, 2.45) is 0 Å². The van der Waals surface area contributed by atoms with E-state index in [2.05, 4.69) is 20.6 Å². The van der Waals surface area contributed by atoms with Crippen LogP contribution in [0.25, 0.3) is 0 Å². The summed E-state index contributed by atoms with van der Waals surface area (Å²) in [4.78, 5) is 29.5. The molecule has 1 aromatic heterocycles. The van der Waals surface area contributed by atoms with Gasteiger partial charge in [-0.15, -0.1) is 0 Å². The zero-order chi connectivity index (χ0) is 18.2. The van der Waals surface area contributed by atoms with Crippen LogP contribution in [0, 0.1) is 10.1 Å². The summed E-state index contributed by atoms with van der Waals surface area (Å²) in [7, 11) is 1.57. The van der Waals surface area contributed by atoms with E-state index in [1.807, 2.05) is 0 Å². The molecule has 0 saturated heterocycles. The number of nitrogens with one attached hydrogen (secondary N) is 2. The highest BCUT2D eigenvalue weighted by Gasteiger charge is 2.23. The van der Waals surface area contributed by atoms with Crippen LogP contribution >= 0.6 is 0 Å². The Hall–Kier alpha value is -3.27. The first-order valence-corrected chi connectivity index (χ1v) is 7.35. The fourth-order valence-electron chi connectivity index (χ4n) is 2.03. The summed E-state index contributed by atoms with van der Waals surface area (Å²) >= 11 is 0. The first-order valence-electron chi connectivity index (χ1n) is 7.35. The van der Waals surface area contributed by atoms with E-state index >= 15 is 0 Å². The molecule has 0 atom stereocenters. The van der Waals surface area contributed by atoms with Crippen LogP contribution in [0.3, 0.4) is 0 Å². The van der Waals surface area contributed by atoms with E-state index < -0.39 is 10.9 Å². The number of anilines is 3. The van der Waals surface area contributed by atoms with Crippen molar-refractivity contribution < 1.29 is 19.6 Å². The number of carbonyl (C=O) groups is 1. The Labute approximate surface area is 143 Å². The summed E-state index contributed by atoms with van der Waals surface area (Å²) in [5.74, 6) is -0.944. The molecule has 0 aliphatic heterocycles. The number of carboxylic acids is 1. The molecule has 3 N–H and O–H groups in total. The van der Waals surface area contributed by atoms with Crippen molar-refractivity contribution in [2.45, 2.75) is 6.42 Å². The standard InChI is InChI=1S/C15H17N5O5/c1-25-8-2-7-16-13-12(20(23)24)14(18-9-17-13)19-11-5-3-10(4-6-11)15(21)22/h3-6,9H,2,7-8H2,1H3,(H,21,22)(H2,16,17,18,19). The highest BCUT2D eigenvalue weighted by molar-refractivity contribution is 5.88. The normalized spacial score (nSPS) is 10.3. The van der Waals surface area contributed by atoms with Gasteiger partial charge >= 0.3 is 11.7 Å². The van der Waals surface area contributed by atoms with Gasteiger partial charge < -0.3 is 20.5 Å². The monoisotopic (exact) mass is 347 g/mol. The fourth-order valence-corrected chi connectivity index (χ4v) is 2.03. The van der Waals surface area contributed by atoms with Gasteiger partial charge in [-0.2, -0.15) is 0 Å². The minimum Gasteiger partial charge on any atom is -0.478 e. The molecule has 0 radical (unpaired) electrons. The highest BCUT2D eigenvalue weighted by atomic mass is 16.6. The zero-order valence-corrected chi connectivity index (χ0v) is 13.4. The van der Waals surface area contributed by atoms with Crippen molar-refractivity contribution in [2.75, 3.05) is 30.9 Å². The Kier molecular flexibility index (Phi) is 6.18. The Morgan fingerprint density at radius 2 is 1.96 bits per heavy atom. The third kappa shape index (κ3) is 4.85. The molecule has 25 heavy (non-hydrogen) atoms. The van der Waals surface area contributed by atoms with E-state index in [1.54, 1.807) is 7.11 Å². The molecule has 0 aliphatic rings. The van der Waals surface area contributed by atoms with E-state index in [0.717, 1.165) is 0 Å². The molecule has 10 heteroatoms. The van der Waals surface area contributed by atoms with Crippen molar-refractivity contribution in [3.05, 3.63) is 46.3 Å². The molecule has 0 bridgehead atoms. The molecule has 1 aromatic carbocycles. The quantitative estimate of drug-likeness (QED) is 0.354. The number of benzene rings is 1. The summed E-state index contributed by atoms with van der Waals surface area (Å²) in [6.07, 6.45) is 1.87. The maximum atomic E-state index is 11.4. The van der Waals surface area contributed by atoms with Gasteiger partial charge in [0.2, 0.25) is 11.6 Å². The SMILES string of the molecule is COCCCNc1ncnc(Nc2ccc(C(=O)O)cc2)c1[N+](=O)[O-]. The number of hydrogen-bond donors (Lipinski definition) is 3. The summed E-state index contributed by atoms with van der Waals surface area (Å²) in [5.41, 5.74) is 0.294. The van der Waals surface area contributed by atoms with Gasteiger partial charge in [0.15, 0.2) is 0 Å².